The predicted octanol–water partition coefficient (Wildman–Crippen LogP) is 1.87. The second-order valence-corrected chi connectivity index (χ2v) is 6.26. The Hall–Kier alpha value is -1.41. The first kappa shape index (κ1) is 16.0. The fourth-order valence-corrected chi connectivity index (χ4v) is 3.00. The SMILES string of the molecule is CN(C)CC1CCN(CC(O)c2ccc(C#N)cc2)CC1. The van der Waals surface area contributed by atoms with Crippen molar-refractivity contribution >= 4 is 0 Å². The first-order chi connectivity index (χ1) is 10.1. The molecule has 0 amide bonds. The number of nitriles is 1. The summed E-state index contributed by atoms with van der Waals surface area (Å²) in [6.07, 6.45) is 1.94. The summed E-state index contributed by atoms with van der Waals surface area (Å²) in [6, 6.07) is 9.33. The lowest BCUT2D eigenvalue weighted by Crippen LogP contribution is -2.39. The monoisotopic (exact) mass is 287 g/mol. The van der Waals surface area contributed by atoms with Gasteiger partial charge in [0.25, 0.3) is 0 Å². The van der Waals surface area contributed by atoms with Crippen molar-refractivity contribution in [2.24, 2.45) is 5.92 Å². The molecular weight excluding hydrogens is 262 g/mol. The first-order valence-corrected chi connectivity index (χ1v) is 7.63. The summed E-state index contributed by atoms with van der Waals surface area (Å²) in [5, 5.41) is 19.1. The molecule has 1 aliphatic heterocycles. The van der Waals surface area contributed by atoms with Crippen LogP contribution in [-0.4, -0.2) is 55.2 Å². The van der Waals surface area contributed by atoms with Crippen molar-refractivity contribution in [2.75, 3.05) is 40.3 Å². The number of nitrogens with zero attached hydrogens (tertiary/aromatic N) is 3. The topological polar surface area (TPSA) is 50.5 Å². The molecule has 1 aliphatic rings. The van der Waals surface area contributed by atoms with E-state index in [-0.39, 0.29) is 0 Å². The number of β-amino-alcohol motifs (C(OH)–C–C–N with tert-alkyl or cyclic N) is 1. The minimum absolute atomic E-state index is 0.469. The molecule has 1 atom stereocenters. The van der Waals surface area contributed by atoms with Gasteiger partial charge in [-0.15, -0.1) is 0 Å². The molecule has 0 aromatic heterocycles. The quantitative estimate of drug-likeness (QED) is 0.898. The second-order valence-electron chi connectivity index (χ2n) is 6.26. The largest absolute Gasteiger partial charge is 0.387 e. The molecule has 114 valence electrons. The van der Waals surface area contributed by atoms with Crippen LogP contribution < -0.4 is 0 Å². The van der Waals surface area contributed by atoms with Gasteiger partial charge in [-0.3, -0.25) is 0 Å². The van der Waals surface area contributed by atoms with Gasteiger partial charge >= 0.3 is 0 Å². The zero-order valence-corrected chi connectivity index (χ0v) is 13.0. The van der Waals surface area contributed by atoms with Gasteiger partial charge in [0, 0.05) is 13.1 Å². The Morgan fingerprint density at radius 1 is 1.29 bits per heavy atom. The Morgan fingerprint density at radius 3 is 2.43 bits per heavy atom. The van der Waals surface area contributed by atoms with Crippen LogP contribution in [0.5, 0.6) is 0 Å². The smallest absolute Gasteiger partial charge is 0.0991 e. The van der Waals surface area contributed by atoms with Crippen molar-refractivity contribution in [3.63, 3.8) is 0 Å². The van der Waals surface area contributed by atoms with E-state index in [1.807, 2.05) is 12.1 Å². The van der Waals surface area contributed by atoms with Crippen LogP contribution in [0.25, 0.3) is 0 Å². The lowest BCUT2D eigenvalue weighted by Gasteiger charge is -2.34. The van der Waals surface area contributed by atoms with Crippen LogP contribution in [0.4, 0.5) is 0 Å². The number of rotatable bonds is 5. The highest BCUT2D eigenvalue weighted by Crippen LogP contribution is 2.21. The molecule has 1 heterocycles. The van der Waals surface area contributed by atoms with Crippen LogP contribution in [0.3, 0.4) is 0 Å². The molecule has 0 spiro atoms. The lowest BCUT2D eigenvalue weighted by atomic mass is 9.96. The third-order valence-corrected chi connectivity index (χ3v) is 4.19. The van der Waals surface area contributed by atoms with Crippen molar-refractivity contribution in [1.29, 1.82) is 5.26 Å². The summed E-state index contributed by atoms with van der Waals surface area (Å²) in [5.41, 5.74) is 1.53. The summed E-state index contributed by atoms with van der Waals surface area (Å²) in [4.78, 5) is 4.60. The summed E-state index contributed by atoms with van der Waals surface area (Å²) in [7, 11) is 4.25. The van der Waals surface area contributed by atoms with Gasteiger partial charge in [0.15, 0.2) is 0 Å². The van der Waals surface area contributed by atoms with Gasteiger partial charge in [-0.05, 0) is 63.6 Å². The van der Waals surface area contributed by atoms with E-state index in [4.69, 9.17) is 5.26 Å². The van der Waals surface area contributed by atoms with Crippen molar-refractivity contribution in [3.8, 4) is 6.07 Å². The van der Waals surface area contributed by atoms with Crippen LogP contribution in [0.1, 0.15) is 30.1 Å². The van der Waals surface area contributed by atoms with Gasteiger partial charge in [0.1, 0.15) is 0 Å². The molecule has 1 fully saturated rings. The molecule has 1 aromatic carbocycles. The molecule has 0 radical (unpaired) electrons. The summed E-state index contributed by atoms with van der Waals surface area (Å²) < 4.78 is 0. The maximum absolute atomic E-state index is 10.3. The van der Waals surface area contributed by atoms with E-state index in [1.165, 1.54) is 12.8 Å². The van der Waals surface area contributed by atoms with E-state index in [2.05, 4.69) is 30.0 Å². The third kappa shape index (κ3) is 4.82. The zero-order valence-electron chi connectivity index (χ0n) is 13.0. The van der Waals surface area contributed by atoms with Crippen LogP contribution >= 0.6 is 0 Å². The summed E-state index contributed by atoms with van der Waals surface area (Å²) in [6.45, 7) is 3.96. The molecule has 0 saturated carbocycles. The number of aliphatic hydroxyl groups excluding tert-OH is 1. The number of aliphatic hydroxyl groups is 1. The number of piperidine rings is 1. The van der Waals surface area contributed by atoms with Gasteiger partial charge in [-0.2, -0.15) is 5.26 Å². The van der Waals surface area contributed by atoms with Crippen molar-refractivity contribution in [1.82, 2.24) is 9.80 Å². The van der Waals surface area contributed by atoms with Gasteiger partial charge in [0.2, 0.25) is 0 Å². The molecule has 1 saturated heterocycles. The fraction of sp³-hybridized carbons (Fsp3) is 0.588. The highest BCUT2D eigenvalue weighted by molar-refractivity contribution is 5.32. The van der Waals surface area contributed by atoms with Gasteiger partial charge in [-0.1, -0.05) is 12.1 Å². The summed E-state index contributed by atoms with van der Waals surface area (Å²) >= 11 is 0. The molecule has 1 N–H and O–H groups in total. The number of likely N-dealkylation sites (tertiary alicyclic amines) is 1. The highest BCUT2D eigenvalue weighted by atomic mass is 16.3. The molecule has 0 bridgehead atoms. The van der Waals surface area contributed by atoms with Gasteiger partial charge in [0.05, 0.1) is 17.7 Å². The Labute approximate surface area is 127 Å². The maximum Gasteiger partial charge on any atom is 0.0991 e. The highest BCUT2D eigenvalue weighted by Gasteiger charge is 2.21. The Balaban J connectivity index is 1.81. The average Bonchev–Trinajstić information content (AvgIpc) is 2.49. The molecule has 2 rings (SSSR count). The second kappa shape index (κ2) is 7.56. The van der Waals surface area contributed by atoms with Crippen LogP contribution in [0, 0.1) is 17.2 Å². The molecule has 1 aromatic rings. The summed E-state index contributed by atoms with van der Waals surface area (Å²) in [5.74, 6) is 0.781. The average molecular weight is 287 g/mol. The first-order valence-electron chi connectivity index (χ1n) is 7.63. The number of benzene rings is 1. The fourth-order valence-electron chi connectivity index (χ4n) is 3.00. The van der Waals surface area contributed by atoms with Crippen LogP contribution in [0.2, 0.25) is 0 Å². The van der Waals surface area contributed by atoms with Crippen molar-refractivity contribution in [3.05, 3.63) is 35.4 Å². The molecular formula is C17H25N3O. The molecule has 0 aliphatic carbocycles. The minimum atomic E-state index is -0.469. The standard InChI is InChI=1S/C17H25N3O/c1-19(2)12-15-7-9-20(10-8-15)13-17(21)16-5-3-14(11-18)4-6-16/h3-6,15,17,21H,7-10,12-13H2,1-2H3. The number of hydrogen-bond donors (Lipinski definition) is 1. The Kier molecular flexibility index (Phi) is 5.75. The molecule has 1 unspecified atom stereocenters. The van der Waals surface area contributed by atoms with Crippen molar-refractivity contribution in [2.45, 2.75) is 18.9 Å². The number of hydrogen-bond acceptors (Lipinski definition) is 4. The van der Waals surface area contributed by atoms with Crippen LogP contribution in [0.15, 0.2) is 24.3 Å². The third-order valence-electron chi connectivity index (χ3n) is 4.19. The normalized spacial score (nSPS) is 18.6. The lowest BCUT2D eigenvalue weighted by molar-refractivity contribution is 0.0847. The van der Waals surface area contributed by atoms with E-state index in [0.29, 0.717) is 12.1 Å². The predicted molar refractivity (Wildman–Crippen MR) is 83.8 cm³/mol. The van der Waals surface area contributed by atoms with E-state index in [1.54, 1.807) is 12.1 Å². The molecule has 4 heteroatoms. The van der Waals surface area contributed by atoms with E-state index in [9.17, 15) is 5.11 Å². The van der Waals surface area contributed by atoms with Gasteiger partial charge < -0.3 is 14.9 Å². The van der Waals surface area contributed by atoms with Crippen LogP contribution in [-0.2, 0) is 0 Å². The molecule has 21 heavy (non-hydrogen) atoms. The van der Waals surface area contributed by atoms with E-state index >= 15 is 0 Å². The maximum atomic E-state index is 10.3. The Morgan fingerprint density at radius 2 is 1.90 bits per heavy atom. The molecule has 4 nitrogen and oxygen atoms in total. The van der Waals surface area contributed by atoms with E-state index in [0.717, 1.165) is 31.1 Å². The van der Waals surface area contributed by atoms with Crippen molar-refractivity contribution < 1.29 is 5.11 Å². The van der Waals surface area contributed by atoms with Gasteiger partial charge in [-0.25, -0.2) is 0 Å². The zero-order chi connectivity index (χ0) is 15.2. The Bertz CT molecular complexity index is 470. The van der Waals surface area contributed by atoms with E-state index < -0.39 is 6.10 Å². The minimum Gasteiger partial charge on any atom is -0.387 e.